The van der Waals surface area contributed by atoms with Crippen molar-refractivity contribution in [1.82, 2.24) is 0 Å². The van der Waals surface area contributed by atoms with Gasteiger partial charge < -0.3 is 5.21 Å². The van der Waals surface area contributed by atoms with Gasteiger partial charge in [-0.1, -0.05) is 75.6 Å². The third kappa shape index (κ3) is 7.11. The second-order valence-corrected chi connectivity index (χ2v) is 6.41. The summed E-state index contributed by atoms with van der Waals surface area (Å²) in [5.41, 5.74) is 4.45. The minimum Gasteiger partial charge on any atom is -0.411 e. The molecule has 0 spiro atoms. The summed E-state index contributed by atoms with van der Waals surface area (Å²) >= 11 is 0. The molecule has 2 heteroatoms. The number of rotatable bonds is 11. The van der Waals surface area contributed by atoms with E-state index in [0.29, 0.717) is 5.71 Å². The molecule has 1 N–H and O–H groups in total. The van der Waals surface area contributed by atoms with Crippen LogP contribution in [0.4, 0.5) is 0 Å². The highest BCUT2D eigenvalue weighted by Gasteiger charge is 2.03. The second kappa shape index (κ2) is 11.3. The van der Waals surface area contributed by atoms with E-state index in [-0.39, 0.29) is 0 Å². The Morgan fingerprint density at radius 2 is 1.55 bits per heavy atom. The molecule has 0 aromatic heterocycles. The molecule has 0 saturated heterocycles. The van der Waals surface area contributed by atoms with Gasteiger partial charge in [0.25, 0.3) is 0 Å². The van der Waals surface area contributed by atoms with Crippen molar-refractivity contribution in [3.05, 3.63) is 34.9 Å². The quantitative estimate of drug-likeness (QED) is 0.222. The summed E-state index contributed by atoms with van der Waals surface area (Å²) in [4.78, 5) is 0. The molecule has 2 nitrogen and oxygen atoms in total. The number of nitrogens with zero attached hydrogens (tertiary/aromatic N) is 1. The van der Waals surface area contributed by atoms with Crippen molar-refractivity contribution in [2.45, 2.75) is 85.0 Å². The number of hydrogen-bond acceptors (Lipinski definition) is 2. The summed E-state index contributed by atoms with van der Waals surface area (Å²) < 4.78 is 0. The Hall–Kier alpha value is -1.31. The zero-order valence-electron chi connectivity index (χ0n) is 14.7. The highest BCUT2D eigenvalue weighted by molar-refractivity contribution is 5.98. The van der Waals surface area contributed by atoms with Crippen LogP contribution in [0.3, 0.4) is 0 Å². The van der Waals surface area contributed by atoms with Crippen LogP contribution in [-0.4, -0.2) is 10.9 Å². The van der Waals surface area contributed by atoms with E-state index in [9.17, 15) is 0 Å². The fraction of sp³-hybridized carbons (Fsp3) is 0.650. The molecule has 22 heavy (non-hydrogen) atoms. The van der Waals surface area contributed by atoms with Gasteiger partial charge in [0, 0.05) is 0 Å². The van der Waals surface area contributed by atoms with Crippen LogP contribution in [-0.2, 0) is 6.42 Å². The van der Waals surface area contributed by atoms with Crippen LogP contribution in [0.25, 0.3) is 0 Å². The van der Waals surface area contributed by atoms with Crippen molar-refractivity contribution in [3.63, 3.8) is 0 Å². The Labute approximate surface area is 136 Å². The molecule has 0 unspecified atom stereocenters. The average molecular weight is 303 g/mol. The molecular formula is C20H33NO. The van der Waals surface area contributed by atoms with E-state index in [1.165, 1.54) is 68.9 Å². The normalized spacial score (nSPS) is 11.9. The first kappa shape index (κ1) is 18.7. The maximum Gasteiger partial charge on any atom is 0.0837 e. The standard InChI is InChI=1S/C20H33NO/c1-4-5-6-7-8-9-10-11-12-13-19-16-20(18(3)21-22)15-14-17(19)2/h14-16,22H,4-13H2,1-3H3/b21-18+. The van der Waals surface area contributed by atoms with Crippen LogP contribution in [0.15, 0.2) is 23.4 Å². The Morgan fingerprint density at radius 1 is 0.955 bits per heavy atom. The predicted octanol–water partition coefficient (Wildman–Crippen LogP) is 6.27. The third-order valence-corrected chi connectivity index (χ3v) is 4.47. The first-order chi connectivity index (χ1) is 10.7. The summed E-state index contributed by atoms with van der Waals surface area (Å²) in [6, 6.07) is 6.34. The average Bonchev–Trinajstić information content (AvgIpc) is 2.54. The molecule has 0 atom stereocenters. The Balaban J connectivity index is 2.24. The summed E-state index contributed by atoms with van der Waals surface area (Å²) in [7, 11) is 0. The van der Waals surface area contributed by atoms with Crippen molar-refractivity contribution >= 4 is 5.71 Å². The van der Waals surface area contributed by atoms with Gasteiger partial charge >= 0.3 is 0 Å². The summed E-state index contributed by atoms with van der Waals surface area (Å²) in [6.07, 6.45) is 13.4. The van der Waals surface area contributed by atoms with Gasteiger partial charge in [0.2, 0.25) is 0 Å². The molecule has 0 aliphatic heterocycles. The molecule has 0 aliphatic rings. The molecule has 1 aromatic rings. The molecule has 0 amide bonds. The maximum absolute atomic E-state index is 8.89. The van der Waals surface area contributed by atoms with Crippen molar-refractivity contribution in [2.75, 3.05) is 0 Å². The van der Waals surface area contributed by atoms with Gasteiger partial charge in [-0.3, -0.25) is 0 Å². The summed E-state index contributed by atoms with van der Waals surface area (Å²) in [5.74, 6) is 0. The van der Waals surface area contributed by atoms with Gasteiger partial charge in [0.1, 0.15) is 0 Å². The molecule has 0 saturated carbocycles. The first-order valence-corrected chi connectivity index (χ1v) is 8.97. The van der Waals surface area contributed by atoms with Crippen LogP contribution >= 0.6 is 0 Å². The Morgan fingerprint density at radius 3 is 2.14 bits per heavy atom. The Kier molecular flexibility index (Phi) is 9.61. The molecular weight excluding hydrogens is 270 g/mol. The van der Waals surface area contributed by atoms with Crippen molar-refractivity contribution < 1.29 is 5.21 Å². The lowest BCUT2D eigenvalue weighted by molar-refractivity contribution is 0.319. The number of unbranched alkanes of at least 4 members (excludes halogenated alkanes) is 8. The minimum absolute atomic E-state index is 0.688. The highest BCUT2D eigenvalue weighted by Crippen LogP contribution is 2.16. The van der Waals surface area contributed by atoms with Crippen molar-refractivity contribution in [2.24, 2.45) is 5.16 Å². The highest BCUT2D eigenvalue weighted by atomic mass is 16.4. The van der Waals surface area contributed by atoms with Crippen LogP contribution in [0.2, 0.25) is 0 Å². The number of aryl methyl sites for hydroxylation is 2. The summed E-state index contributed by atoms with van der Waals surface area (Å²) in [6.45, 7) is 6.27. The lowest BCUT2D eigenvalue weighted by Gasteiger charge is -2.08. The van der Waals surface area contributed by atoms with Crippen LogP contribution in [0, 0.1) is 6.92 Å². The van der Waals surface area contributed by atoms with E-state index < -0.39 is 0 Å². The molecule has 0 fully saturated rings. The maximum atomic E-state index is 8.89. The lowest BCUT2D eigenvalue weighted by Crippen LogP contribution is -1.98. The monoisotopic (exact) mass is 303 g/mol. The van der Waals surface area contributed by atoms with E-state index in [1.54, 1.807) is 0 Å². The van der Waals surface area contributed by atoms with Crippen molar-refractivity contribution in [1.29, 1.82) is 0 Å². The van der Waals surface area contributed by atoms with Crippen LogP contribution in [0.5, 0.6) is 0 Å². The number of oxime groups is 1. The zero-order chi connectivity index (χ0) is 16.2. The smallest absolute Gasteiger partial charge is 0.0837 e. The Bertz CT molecular complexity index is 451. The first-order valence-electron chi connectivity index (χ1n) is 8.97. The SMILES string of the molecule is CCCCCCCCCCCc1cc(/C(C)=N/O)ccc1C. The molecule has 1 rings (SSSR count). The van der Waals surface area contributed by atoms with Gasteiger partial charge in [0.05, 0.1) is 5.71 Å². The third-order valence-electron chi connectivity index (χ3n) is 4.47. The second-order valence-electron chi connectivity index (χ2n) is 6.41. The fourth-order valence-corrected chi connectivity index (χ4v) is 2.85. The lowest BCUT2D eigenvalue weighted by atomic mass is 9.97. The molecule has 0 bridgehead atoms. The van der Waals surface area contributed by atoms with Crippen molar-refractivity contribution in [3.8, 4) is 0 Å². The van der Waals surface area contributed by atoms with Gasteiger partial charge in [0.15, 0.2) is 0 Å². The van der Waals surface area contributed by atoms with E-state index in [2.05, 4.69) is 31.1 Å². The van der Waals surface area contributed by atoms with Crippen LogP contribution < -0.4 is 0 Å². The molecule has 0 heterocycles. The molecule has 1 aromatic carbocycles. The fourth-order valence-electron chi connectivity index (χ4n) is 2.85. The zero-order valence-corrected chi connectivity index (χ0v) is 14.7. The molecule has 0 radical (unpaired) electrons. The molecule has 0 aliphatic carbocycles. The van der Waals surface area contributed by atoms with E-state index >= 15 is 0 Å². The van der Waals surface area contributed by atoms with E-state index in [0.717, 1.165) is 12.0 Å². The predicted molar refractivity (Wildman–Crippen MR) is 96.1 cm³/mol. The minimum atomic E-state index is 0.688. The van der Waals surface area contributed by atoms with Gasteiger partial charge in [-0.25, -0.2) is 0 Å². The van der Waals surface area contributed by atoms with E-state index in [1.807, 2.05) is 13.0 Å². The van der Waals surface area contributed by atoms with Gasteiger partial charge in [-0.05, 0) is 49.4 Å². The number of hydrogen-bond donors (Lipinski definition) is 1. The van der Waals surface area contributed by atoms with E-state index in [4.69, 9.17) is 5.21 Å². The topological polar surface area (TPSA) is 32.6 Å². The largest absolute Gasteiger partial charge is 0.411 e. The van der Waals surface area contributed by atoms with Gasteiger partial charge in [-0.2, -0.15) is 0 Å². The number of benzene rings is 1. The summed E-state index contributed by atoms with van der Waals surface area (Å²) in [5, 5.41) is 12.2. The van der Waals surface area contributed by atoms with Gasteiger partial charge in [-0.15, -0.1) is 0 Å². The molecule has 124 valence electrons. The van der Waals surface area contributed by atoms with Crippen LogP contribution in [0.1, 0.15) is 88.3 Å².